The maximum atomic E-state index is 13.6. The van der Waals surface area contributed by atoms with Gasteiger partial charge in [-0.25, -0.2) is 4.98 Å². The fourth-order valence-corrected chi connectivity index (χ4v) is 5.60. The second-order valence-corrected chi connectivity index (χ2v) is 11.5. The molecule has 2 aromatic heterocycles. The van der Waals surface area contributed by atoms with Gasteiger partial charge in [-0.05, 0) is 47.7 Å². The predicted molar refractivity (Wildman–Crippen MR) is 165 cm³/mol. The number of nitrogens with one attached hydrogen (secondary N) is 3. The van der Waals surface area contributed by atoms with Gasteiger partial charge in [0, 0.05) is 36.6 Å². The number of carbonyl (C=O) groups is 1. The van der Waals surface area contributed by atoms with Crippen LogP contribution < -0.4 is 16.0 Å². The van der Waals surface area contributed by atoms with Crippen LogP contribution in [0.25, 0.3) is 5.82 Å². The molecule has 2 aromatic carbocycles. The van der Waals surface area contributed by atoms with Crippen molar-refractivity contribution in [2.24, 2.45) is 5.92 Å². The summed E-state index contributed by atoms with van der Waals surface area (Å²) in [6.45, 7) is 0.831. The van der Waals surface area contributed by atoms with Crippen molar-refractivity contribution in [3.63, 3.8) is 0 Å². The minimum atomic E-state index is -0.479. The van der Waals surface area contributed by atoms with Crippen molar-refractivity contribution in [3.8, 4) is 5.82 Å². The third-order valence-electron chi connectivity index (χ3n) is 7.20. The normalized spacial score (nSPS) is 14.4. The highest BCUT2D eigenvalue weighted by molar-refractivity contribution is 6.42. The topological polar surface area (TPSA) is 96.8 Å². The Balaban J connectivity index is 1.36. The fourth-order valence-electron chi connectivity index (χ4n) is 5.07. The van der Waals surface area contributed by atoms with E-state index in [1.54, 1.807) is 29.2 Å². The van der Waals surface area contributed by atoms with Crippen molar-refractivity contribution in [1.29, 1.82) is 0 Å². The van der Waals surface area contributed by atoms with Crippen LogP contribution >= 0.6 is 34.8 Å². The molecular weight excluding hydrogens is 581 g/mol. The zero-order chi connectivity index (χ0) is 28.6. The van der Waals surface area contributed by atoms with Gasteiger partial charge < -0.3 is 16.0 Å². The first-order valence-corrected chi connectivity index (χ1v) is 14.9. The van der Waals surface area contributed by atoms with Gasteiger partial charge in [0.25, 0.3) is 0 Å². The van der Waals surface area contributed by atoms with Crippen molar-refractivity contribution in [2.45, 2.75) is 57.7 Å². The van der Waals surface area contributed by atoms with E-state index in [-0.39, 0.29) is 5.91 Å². The highest BCUT2D eigenvalue weighted by Crippen LogP contribution is 2.29. The van der Waals surface area contributed by atoms with Gasteiger partial charge in [0.1, 0.15) is 24.0 Å². The summed E-state index contributed by atoms with van der Waals surface area (Å²) in [7, 11) is 0. The molecule has 1 atom stereocenters. The molecule has 1 fully saturated rings. The molecule has 8 nitrogen and oxygen atoms in total. The lowest BCUT2D eigenvalue weighted by molar-refractivity contribution is -0.122. The van der Waals surface area contributed by atoms with Crippen LogP contribution in [0.1, 0.15) is 49.7 Å². The summed E-state index contributed by atoms with van der Waals surface area (Å²) in [6.07, 6.45) is 11.8. The van der Waals surface area contributed by atoms with Crippen LogP contribution in [0, 0.1) is 5.92 Å². The van der Waals surface area contributed by atoms with E-state index in [0.29, 0.717) is 58.1 Å². The molecule has 11 heteroatoms. The minimum Gasteiger partial charge on any atom is -0.358 e. The summed E-state index contributed by atoms with van der Waals surface area (Å²) < 4.78 is 1.80. The standard InChI is InChI=1S/C30H32Cl3N7O/c31-23-8-4-7-21(13-23)18-36-30-38-27(16-28(39-30)40-12-11-34-19-40)37-26(15-20-5-2-1-3-6-20)29(41)35-17-22-9-10-24(32)25(33)14-22/h4,7-14,16,19-20,26H,1-3,5-6,15,17-18H2,(H,35,41)(H2,36,37,38,39). The van der Waals surface area contributed by atoms with E-state index < -0.39 is 6.04 Å². The van der Waals surface area contributed by atoms with Crippen molar-refractivity contribution in [2.75, 3.05) is 10.6 Å². The molecule has 0 saturated heterocycles. The second kappa shape index (κ2) is 14.0. The van der Waals surface area contributed by atoms with Gasteiger partial charge in [-0.1, -0.05) is 85.1 Å². The number of anilines is 2. The maximum absolute atomic E-state index is 13.6. The zero-order valence-electron chi connectivity index (χ0n) is 22.5. The van der Waals surface area contributed by atoms with Gasteiger partial charge in [0.2, 0.25) is 11.9 Å². The molecule has 1 aliphatic carbocycles. The van der Waals surface area contributed by atoms with Crippen LogP contribution in [0.4, 0.5) is 11.8 Å². The molecule has 1 unspecified atom stereocenters. The van der Waals surface area contributed by atoms with Gasteiger partial charge in [0.15, 0.2) is 0 Å². The van der Waals surface area contributed by atoms with E-state index in [0.717, 1.165) is 24.0 Å². The highest BCUT2D eigenvalue weighted by atomic mass is 35.5. The second-order valence-electron chi connectivity index (χ2n) is 10.3. The molecule has 214 valence electrons. The van der Waals surface area contributed by atoms with Crippen LogP contribution in [0.15, 0.2) is 67.3 Å². The zero-order valence-corrected chi connectivity index (χ0v) is 24.8. The van der Waals surface area contributed by atoms with Crippen LogP contribution in [0.5, 0.6) is 0 Å². The lowest BCUT2D eigenvalue weighted by Gasteiger charge is -2.27. The lowest BCUT2D eigenvalue weighted by Crippen LogP contribution is -2.41. The molecule has 4 aromatic rings. The van der Waals surface area contributed by atoms with Crippen LogP contribution in [-0.2, 0) is 17.9 Å². The number of carbonyl (C=O) groups excluding carboxylic acids is 1. The first kappa shape index (κ1) is 29.2. The Bertz CT molecular complexity index is 1460. The molecule has 1 amide bonds. The lowest BCUT2D eigenvalue weighted by atomic mass is 9.84. The SMILES string of the molecule is O=C(NCc1ccc(Cl)c(Cl)c1)C(CC1CCCCC1)Nc1cc(-n2ccnc2)nc(NCc2cccc(Cl)c2)n1. The first-order valence-electron chi connectivity index (χ1n) is 13.8. The van der Waals surface area contributed by atoms with E-state index in [1.165, 1.54) is 19.3 Å². The molecule has 0 aliphatic heterocycles. The van der Waals surface area contributed by atoms with Gasteiger partial charge in [0.05, 0.1) is 10.0 Å². The van der Waals surface area contributed by atoms with Gasteiger partial charge in [-0.15, -0.1) is 0 Å². The Morgan fingerprint density at radius 3 is 2.54 bits per heavy atom. The molecule has 3 N–H and O–H groups in total. The largest absolute Gasteiger partial charge is 0.358 e. The number of halogens is 3. The number of aromatic nitrogens is 4. The molecule has 2 heterocycles. The van der Waals surface area contributed by atoms with Crippen LogP contribution in [0.2, 0.25) is 15.1 Å². The van der Waals surface area contributed by atoms with Gasteiger partial charge in [-0.2, -0.15) is 9.97 Å². The van der Waals surface area contributed by atoms with E-state index >= 15 is 0 Å². The average molecular weight is 613 g/mol. The Labute approximate surface area is 254 Å². The van der Waals surface area contributed by atoms with Crippen molar-refractivity contribution < 1.29 is 4.79 Å². The Kier molecular flexibility index (Phi) is 9.98. The molecule has 1 aliphatic rings. The molecule has 0 radical (unpaired) electrons. The maximum Gasteiger partial charge on any atom is 0.242 e. The summed E-state index contributed by atoms with van der Waals surface area (Å²) in [4.78, 5) is 27.1. The van der Waals surface area contributed by atoms with E-state index in [1.807, 2.05) is 42.6 Å². The number of amides is 1. The van der Waals surface area contributed by atoms with Crippen molar-refractivity contribution >= 4 is 52.5 Å². The highest BCUT2D eigenvalue weighted by Gasteiger charge is 2.25. The van der Waals surface area contributed by atoms with E-state index in [2.05, 4.69) is 25.9 Å². The van der Waals surface area contributed by atoms with Crippen LogP contribution in [-0.4, -0.2) is 31.5 Å². The predicted octanol–water partition coefficient (Wildman–Crippen LogP) is 7.30. The van der Waals surface area contributed by atoms with Crippen molar-refractivity contribution in [3.05, 3.63) is 93.4 Å². The monoisotopic (exact) mass is 611 g/mol. The Hall–Kier alpha value is -3.33. The first-order chi connectivity index (χ1) is 19.9. The summed E-state index contributed by atoms with van der Waals surface area (Å²) in [6, 6.07) is 14.3. The fraction of sp³-hybridized carbons (Fsp3) is 0.333. The number of nitrogens with zero attached hydrogens (tertiary/aromatic N) is 4. The number of hydrogen-bond donors (Lipinski definition) is 3. The molecule has 41 heavy (non-hydrogen) atoms. The number of rotatable bonds is 11. The van der Waals surface area contributed by atoms with Crippen molar-refractivity contribution in [1.82, 2.24) is 24.8 Å². The molecule has 5 rings (SSSR count). The number of benzene rings is 2. The van der Waals surface area contributed by atoms with Crippen LogP contribution in [0.3, 0.4) is 0 Å². The summed E-state index contributed by atoms with van der Waals surface area (Å²) in [5.41, 5.74) is 1.88. The van der Waals surface area contributed by atoms with Gasteiger partial charge >= 0.3 is 0 Å². The smallest absolute Gasteiger partial charge is 0.242 e. The minimum absolute atomic E-state index is 0.0992. The van der Waals surface area contributed by atoms with E-state index in [9.17, 15) is 4.79 Å². The molecule has 0 spiro atoms. The van der Waals surface area contributed by atoms with E-state index in [4.69, 9.17) is 39.8 Å². The quantitative estimate of drug-likeness (QED) is 0.164. The number of hydrogen-bond acceptors (Lipinski definition) is 6. The third kappa shape index (κ3) is 8.35. The summed E-state index contributed by atoms with van der Waals surface area (Å²) in [5, 5.41) is 11.4. The Morgan fingerprint density at radius 2 is 1.78 bits per heavy atom. The molecule has 0 bridgehead atoms. The summed E-state index contributed by atoms with van der Waals surface area (Å²) in [5.74, 6) is 1.96. The number of imidazole rings is 1. The Morgan fingerprint density at radius 1 is 0.951 bits per heavy atom. The molecular formula is C30H32Cl3N7O. The molecule has 1 saturated carbocycles. The van der Waals surface area contributed by atoms with Gasteiger partial charge in [-0.3, -0.25) is 9.36 Å². The summed E-state index contributed by atoms with van der Waals surface area (Å²) >= 11 is 18.4. The third-order valence-corrected chi connectivity index (χ3v) is 8.18. The average Bonchev–Trinajstić information content (AvgIpc) is 3.52.